The van der Waals surface area contributed by atoms with E-state index in [0.717, 1.165) is 32.2 Å². The molecule has 0 aliphatic carbocycles. The number of esters is 1. The van der Waals surface area contributed by atoms with Gasteiger partial charge in [0, 0.05) is 16.3 Å². The zero-order chi connectivity index (χ0) is 31.8. The lowest BCUT2D eigenvalue weighted by Crippen LogP contribution is -2.36. The SMILES string of the molecule is CCCCOC(=O)c1cc(NC(=O)CN2C(=O)S/C(=C/c3cc(I)c(OCc4ccccc4Cl)c(OC)c3)C2=O)ccc1Cl. The molecule has 1 saturated heterocycles. The number of anilines is 1. The van der Waals surface area contributed by atoms with Crippen molar-refractivity contribution in [1.82, 2.24) is 4.90 Å². The highest BCUT2D eigenvalue weighted by Crippen LogP contribution is 2.38. The van der Waals surface area contributed by atoms with Crippen molar-refractivity contribution in [3.05, 3.63) is 89.8 Å². The number of unbranched alkanes of at least 4 members (excludes halogenated alkanes) is 1. The van der Waals surface area contributed by atoms with Crippen LogP contribution in [0.5, 0.6) is 11.5 Å². The second-order valence-electron chi connectivity index (χ2n) is 9.41. The van der Waals surface area contributed by atoms with E-state index in [0.29, 0.717) is 28.5 Å². The number of imide groups is 1. The van der Waals surface area contributed by atoms with Gasteiger partial charge in [0.25, 0.3) is 11.1 Å². The number of carbonyl (C=O) groups excluding carboxylic acids is 4. The Hall–Kier alpha value is -3.26. The first kappa shape index (κ1) is 33.6. The van der Waals surface area contributed by atoms with Gasteiger partial charge in [-0.05, 0) is 88.8 Å². The number of hydrogen-bond donors (Lipinski definition) is 1. The zero-order valence-corrected chi connectivity index (χ0v) is 28.1. The van der Waals surface area contributed by atoms with Crippen LogP contribution in [0.1, 0.15) is 41.3 Å². The Kier molecular flexibility index (Phi) is 12.0. The average molecular weight is 769 g/mol. The number of halogens is 3. The van der Waals surface area contributed by atoms with Crippen LogP contribution in [-0.2, 0) is 20.9 Å². The van der Waals surface area contributed by atoms with Gasteiger partial charge >= 0.3 is 5.97 Å². The van der Waals surface area contributed by atoms with Crippen LogP contribution >= 0.6 is 57.6 Å². The van der Waals surface area contributed by atoms with Crippen LogP contribution in [0, 0.1) is 3.57 Å². The lowest BCUT2D eigenvalue weighted by molar-refractivity contribution is -0.127. The number of methoxy groups -OCH3 is 1. The van der Waals surface area contributed by atoms with Gasteiger partial charge in [-0.1, -0.05) is 54.7 Å². The molecule has 0 unspecified atom stereocenters. The minimum absolute atomic E-state index is 0.0972. The summed E-state index contributed by atoms with van der Waals surface area (Å²) >= 11 is 15.2. The predicted octanol–water partition coefficient (Wildman–Crippen LogP) is 7.82. The molecule has 13 heteroatoms. The van der Waals surface area contributed by atoms with E-state index in [1.54, 1.807) is 24.3 Å². The number of benzene rings is 3. The largest absolute Gasteiger partial charge is 0.493 e. The third-order valence-electron chi connectivity index (χ3n) is 6.26. The Bertz CT molecular complexity index is 1630. The van der Waals surface area contributed by atoms with Crippen LogP contribution < -0.4 is 14.8 Å². The molecular weight excluding hydrogens is 742 g/mol. The van der Waals surface area contributed by atoms with Gasteiger partial charge in [0.2, 0.25) is 5.91 Å². The summed E-state index contributed by atoms with van der Waals surface area (Å²) in [5.41, 5.74) is 1.78. The molecule has 1 heterocycles. The van der Waals surface area contributed by atoms with Crippen molar-refractivity contribution in [1.29, 1.82) is 0 Å². The molecule has 0 aromatic heterocycles. The van der Waals surface area contributed by atoms with E-state index in [9.17, 15) is 19.2 Å². The fourth-order valence-electron chi connectivity index (χ4n) is 4.01. The molecule has 0 radical (unpaired) electrons. The van der Waals surface area contributed by atoms with E-state index in [1.165, 1.54) is 25.3 Å². The molecule has 0 bridgehead atoms. The van der Waals surface area contributed by atoms with Gasteiger partial charge in [-0.25, -0.2) is 4.79 Å². The van der Waals surface area contributed by atoms with Crippen LogP contribution in [0.2, 0.25) is 10.0 Å². The minimum atomic E-state index is -0.627. The van der Waals surface area contributed by atoms with Crippen molar-refractivity contribution in [2.45, 2.75) is 26.4 Å². The summed E-state index contributed by atoms with van der Waals surface area (Å²) in [7, 11) is 1.50. The molecule has 0 spiro atoms. The number of thioether (sulfide) groups is 1. The van der Waals surface area contributed by atoms with Gasteiger partial charge in [-0.15, -0.1) is 0 Å². The fourth-order valence-corrected chi connectivity index (χ4v) is 6.01. The molecular formula is C31H27Cl2IN2O7S. The highest BCUT2D eigenvalue weighted by Gasteiger charge is 2.36. The number of nitrogens with one attached hydrogen (secondary N) is 1. The molecule has 1 aliphatic rings. The molecule has 1 aliphatic heterocycles. The number of rotatable bonds is 12. The second-order valence-corrected chi connectivity index (χ2v) is 12.4. The molecule has 3 aromatic carbocycles. The summed E-state index contributed by atoms with van der Waals surface area (Å²) < 4.78 is 17.5. The van der Waals surface area contributed by atoms with E-state index in [1.807, 2.05) is 25.1 Å². The summed E-state index contributed by atoms with van der Waals surface area (Å²) in [6, 6.07) is 15.2. The van der Waals surface area contributed by atoms with E-state index < -0.39 is 29.6 Å². The maximum Gasteiger partial charge on any atom is 0.339 e. The molecule has 4 rings (SSSR count). The van der Waals surface area contributed by atoms with Gasteiger partial charge < -0.3 is 19.5 Å². The van der Waals surface area contributed by atoms with Gasteiger partial charge in [-0.3, -0.25) is 19.3 Å². The highest BCUT2D eigenvalue weighted by molar-refractivity contribution is 14.1. The molecule has 1 fully saturated rings. The van der Waals surface area contributed by atoms with Crippen LogP contribution in [0.4, 0.5) is 10.5 Å². The van der Waals surface area contributed by atoms with Crippen LogP contribution in [-0.4, -0.2) is 48.2 Å². The number of ether oxygens (including phenoxy) is 3. The Morgan fingerprint density at radius 3 is 2.57 bits per heavy atom. The number of amides is 3. The van der Waals surface area contributed by atoms with Crippen molar-refractivity contribution in [2.24, 2.45) is 0 Å². The molecule has 230 valence electrons. The first-order valence-corrected chi connectivity index (χ1v) is 16.0. The quantitative estimate of drug-likeness (QED) is 0.0860. The Morgan fingerprint density at radius 1 is 1.07 bits per heavy atom. The summed E-state index contributed by atoms with van der Waals surface area (Å²) in [4.78, 5) is 51.9. The summed E-state index contributed by atoms with van der Waals surface area (Å²) in [6.07, 6.45) is 3.13. The molecule has 0 saturated carbocycles. The Morgan fingerprint density at radius 2 is 1.84 bits per heavy atom. The van der Waals surface area contributed by atoms with Gasteiger partial charge in [0.15, 0.2) is 11.5 Å². The van der Waals surface area contributed by atoms with Crippen molar-refractivity contribution in [3.63, 3.8) is 0 Å². The normalized spacial score (nSPS) is 13.8. The van der Waals surface area contributed by atoms with E-state index in [-0.39, 0.29) is 34.4 Å². The third-order valence-corrected chi connectivity index (χ3v) is 8.66. The fraction of sp³-hybridized carbons (Fsp3) is 0.226. The lowest BCUT2D eigenvalue weighted by atomic mass is 10.1. The van der Waals surface area contributed by atoms with Crippen molar-refractivity contribution >= 4 is 92.3 Å². The van der Waals surface area contributed by atoms with Crippen molar-refractivity contribution in [3.8, 4) is 11.5 Å². The lowest BCUT2D eigenvalue weighted by Gasteiger charge is -2.14. The zero-order valence-electron chi connectivity index (χ0n) is 23.7. The maximum absolute atomic E-state index is 13.1. The summed E-state index contributed by atoms with van der Waals surface area (Å²) in [5.74, 6) is -0.904. The van der Waals surface area contributed by atoms with E-state index >= 15 is 0 Å². The van der Waals surface area contributed by atoms with Crippen LogP contribution in [0.25, 0.3) is 6.08 Å². The number of nitrogens with zero attached hydrogens (tertiary/aromatic N) is 1. The molecule has 0 atom stereocenters. The number of hydrogen-bond acceptors (Lipinski definition) is 8. The second kappa shape index (κ2) is 15.6. The van der Waals surface area contributed by atoms with Gasteiger partial charge in [0.1, 0.15) is 13.2 Å². The highest BCUT2D eigenvalue weighted by atomic mass is 127. The van der Waals surface area contributed by atoms with Gasteiger partial charge in [0.05, 0.1) is 32.8 Å². The minimum Gasteiger partial charge on any atom is -0.493 e. The first-order valence-electron chi connectivity index (χ1n) is 13.4. The predicted molar refractivity (Wildman–Crippen MR) is 179 cm³/mol. The van der Waals surface area contributed by atoms with E-state index in [2.05, 4.69) is 27.9 Å². The third kappa shape index (κ3) is 8.46. The Labute approximate surface area is 282 Å². The smallest absolute Gasteiger partial charge is 0.339 e. The summed E-state index contributed by atoms with van der Waals surface area (Å²) in [6.45, 7) is 1.94. The van der Waals surface area contributed by atoms with E-state index in [4.69, 9.17) is 37.4 Å². The van der Waals surface area contributed by atoms with Crippen LogP contribution in [0.3, 0.4) is 0 Å². The molecule has 3 amide bonds. The molecule has 3 aromatic rings. The van der Waals surface area contributed by atoms with Crippen molar-refractivity contribution in [2.75, 3.05) is 25.6 Å². The molecule has 9 nitrogen and oxygen atoms in total. The first-order chi connectivity index (χ1) is 21.1. The maximum atomic E-state index is 13.1. The molecule has 44 heavy (non-hydrogen) atoms. The monoisotopic (exact) mass is 768 g/mol. The Balaban J connectivity index is 1.43. The van der Waals surface area contributed by atoms with Gasteiger partial charge in [-0.2, -0.15) is 0 Å². The number of carbonyl (C=O) groups is 4. The topological polar surface area (TPSA) is 111 Å². The molecule has 1 N–H and O–H groups in total. The standard InChI is InChI=1S/C31H27Cl2IN2O7S/c1-3-4-11-42-30(39)21-15-20(9-10-23(21)33)35-27(37)16-36-29(38)26(44-31(36)40)14-18-12-24(34)28(25(13-18)41-2)43-17-19-7-5-6-8-22(19)32/h5-10,12-15H,3-4,11,16-17H2,1-2H3,(H,35,37)/b26-14+. The van der Waals surface area contributed by atoms with Crippen molar-refractivity contribution < 1.29 is 33.4 Å². The van der Waals surface area contributed by atoms with Crippen LogP contribution in [0.15, 0.2) is 59.5 Å². The summed E-state index contributed by atoms with van der Waals surface area (Å²) in [5, 5.41) is 2.77. The average Bonchev–Trinajstić information content (AvgIpc) is 3.25.